The number of nitrogens with zero attached hydrogens (tertiary/aromatic N) is 4. The molecule has 1 aromatic carbocycles. The molecule has 10 heteroatoms. The Bertz CT molecular complexity index is 866. The lowest BCUT2D eigenvalue weighted by Gasteiger charge is -2.24. The van der Waals surface area contributed by atoms with E-state index in [-0.39, 0.29) is 31.3 Å². The van der Waals surface area contributed by atoms with Crippen molar-refractivity contribution in [2.45, 2.75) is 25.6 Å². The number of halogens is 1. The summed E-state index contributed by atoms with van der Waals surface area (Å²) >= 11 is 0. The number of carboxylic acids is 1. The largest absolute Gasteiger partial charge is 0.480 e. The van der Waals surface area contributed by atoms with E-state index in [2.05, 4.69) is 15.6 Å². The van der Waals surface area contributed by atoms with E-state index in [4.69, 9.17) is 5.11 Å². The van der Waals surface area contributed by atoms with Crippen LogP contribution in [0.15, 0.2) is 30.5 Å². The Labute approximate surface area is 153 Å². The predicted octanol–water partition coefficient (Wildman–Crippen LogP) is 0.338. The zero-order chi connectivity index (χ0) is 19.6. The Balaban J connectivity index is 1.68. The fourth-order valence-corrected chi connectivity index (χ4v) is 3.16. The number of aliphatic carboxylic acids is 1. The molecular weight excluding hydrogens is 357 g/mol. The van der Waals surface area contributed by atoms with Crippen LogP contribution in [0.5, 0.6) is 0 Å². The van der Waals surface area contributed by atoms with Gasteiger partial charge in [0.05, 0.1) is 24.7 Å². The van der Waals surface area contributed by atoms with E-state index < -0.39 is 23.7 Å². The molecule has 1 aromatic heterocycles. The van der Waals surface area contributed by atoms with Crippen LogP contribution in [0.4, 0.5) is 4.39 Å². The average molecular weight is 375 g/mol. The third kappa shape index (κ3) is 4.10. The molecule has 2 atom stereocenters. The van der Waals surface area contributed by atoms with E-state index in [1.165, 1.54) is 23.2 Å². The maximum Gasteiger partial charge on any atom is 0.325 e. The second kappa shape index (κ2) is 7.52. The molecular formula is C17H18FN5O4. The highest BCUT2D eigenvalue weighted by atomic mass is 19.1. The summed E-state index contributed by atoms with van der Waals surface area (Å²) in [5, 5.41) is 18.9. The minimum absolute atomic E-state index is 0.0517. The normalized spacial score (nSPS) is 19.3. The van der Waals surface area contributed by atoms with Gasteiger partial charge in [-0.25, -0.2) is 9.07 Å². The first-order valence-corrected chi connectivity index (χ1v) is 8.25. The van der Waals surface area contributed by atoms with Crippen LogP contribution < -0.4 is 5.32 Å². The summed E-state index contributed by atoms with van der Waals surface area (Å²) in [5.41, 5.74) is 1.08. The van der Waals surface area contributed by atoms with E-state index in [0.717, 1.165) is 4.68 Å². The number of likely N-dealkylation sites (tertiary alicyclic amines) is 1. The van der Waals surface area contributed by atoms with E-state index in [9.17, 15) is 18.8 Å². The summed E-state index contributed by atoms with van der Waals surface area (Å²) in [6.45, 7) is -0.265. The Morgan fingerprint density at radius 3 is 2.70 bits per heavy atom. The van der Waals surface area contributed by atoms with E-state index in [0.29, 0.717) is 11.3 Å². The number of aromatic nitrogens is 3. The fraction of sp³-hybridized carbons (Fsp3) is 0.353. The number of hydrogen-bond acceptors (Lipinski definition) is 5. The number of carboxylic acid groups (broad SMARTS) is 1. The summed E-state index contributed by atoms with van der Waals surface area (Å²) in [7, 11) is 1.61. The first-order valence-electron chi connectivity index (χ1n) is 8.25. The smallest absolute Gasteiger partial charge is 0.325 e. The van der Waals surface area contributed by atoms with Crippen molar-refractivity contribution in [1.82, 2.24) is 25.2 Å². The van der Waals surface area contributed by atoms with Gasteiger partial charge in [-0.05, 0) is 17.7 Å². The maximum atomic E-state index is 13.2. The number of carbonyl (C=O) groups excluding carboxylic acids is 2. The quantitative estimate of drug-likeness (QED) is 0.752. The van der Waals surface area contributed by atoms with Gasteiger partial charge in [-0.15, -0.1) is 5.10 Å². The van der Waals surface area contributed by atoms with Crippen LogP contribution in [0.3, 0.4) is 0 Å². The van der Waals surface area contributed by atoms with Gasteiger partial charge >= 0.3 is 5.97 Å². The first-order chi connectivity index (χ1) is 12.8. The Hall–Kier alpha value is -3.30. The van der Waals surface area contributed by atoms with E-state index >= 15 is 0 Å². The Morgan fingerprint density at radius 1 is 1.33 bits per heavy atom. The minimum atomic E-state index is -1.05. The zero-order valence-corrected chi connectivity index (χ0v) is 14.5. The summed E-state index contributed by atoms with van der Waals surface area (Å²) in [6.07, 6.45) is 1.48. The zero-order valence-electron chi connectivity index (χ0n) is 14.5. The lowest BCUT2D eigenvalue weighted by molar-refractivity contribution is -0.138. The highest BCUT2D eigenvalue weighted by Gasteiger charge is 2.42. The maximum absolute atomic E-state index is 13.2. The molecule has 0 radical (unpaired) electrons. The summed E-state index contributed by atoms with van der Waals surface area (Å²) in [4.78, 5) is 36.9. The van der Waals surface area contributed by atoms with Crippen molar-refractivity contribution in [2.24, 2.45) is 5.92 Å². The molecule has 0 aliphatic carbocycles. The lowest BCUT2D eigenvalue weighted by atomic mass is 9.93. The monoisotopic (exact) mass is 375 g/mol. The fourth-order valence-electron chi connectivity index (χ4n) is 3.16. The topological polar surface area (TPSA) is 117 Å². The molecule has 2 amide bonds. The Kier molecular flexibility index (Phi) is 5.15. The highest BCUT2D eigenvalue weighted by molar-refractivity contribution is 5.90. The first kappa shape index (κ1) is 18.5. The molecule has 0 saturated carbocycles. The van der Waals surface area contributed by atoms with Gasteiger partial charge in [0.25, 0.3) is 0 Å². The second-order valence-corrected chi connectivity index (χ2v) is 6.33. The van der Waals surface area contributed by atoms with E-state index in [1.54, 1.807) is 19.2 Å². The Morgan fingerprint density at radius 2 is 2.04 bits per heavy atom. The van der Waals surface area contributed by atoms with Crippen molar-refractivity contribution in [1.29, 1.82) is 0 Å². The third-order valence-corrected chi connectivity index (χ3v) is 4.46. The number of benzene rings is 1. The number of rotatable bonds is 6. The molecule has 2 unspecified atom stereocenters. The molecule has 1 fully saturated rings. The summed E-state index contributed by atoms with van der Waals surface area (Å²) in [6, 6.07) is 5.23. The van der Waals surface area contributed by atoms with Crippen LogP contribution >= 0.6 is 0 Å². The van der Waals surface area contributed by atoms with Crippen LogP contribution in [0.1, 0.15) is 23.7 Å². The molecule has 2 heterocycles. The van der Waals surface area contributed by atoms with Crippen LogP contribution in [-0.2, 0) is 27.5 Å². The van der Waals surface area contributed by atoms with Crippen LogP contribution in [0, 0.1) is 11.7 Å². The summed E-state index contributed by atoms with van der Waals surface area (Å²) in [5.74, 6) is -2.57. The molecule has 142 valence electrons. The van der Waals surface area contributed by atoms with Crippen molar-refractivity contribution in [3.63, 3.8) is 0 Å². The molecule has 1 saturated heterocycles. The van der Waals surface area contributed by atoms with E-state index in [1.807, 2.05) is 0 Å². The van der Waals surface area contributed by atoms with Crippen molar-refractivity contribution >= 4 is 17.8 Å². The molecule has 2 aromatic rings. The van der Waals surface area contributed by atoms with Crippen molar-refractivity contribution in [3.05, 3.63) is 47.5 Å². The number of amides is 2. The van der Waals surface area contributed by atoms with Gasteiger partial charge in [0.15, 0.2) is 0 Å². The molecule has 1 aliphatic heterocycles. The number of carbonyl (C=O) groups is 3. The molecule has 9 nitrogen and oxygen atoms in total. The van der Waals surface area contributed by atoms with Gasteiger partial charge in [-0.3, -0.25) is 14.4 Å². The van der Waals surface area contributed by atoms with Gasteiger partial charge in [-0.2, -0.15) is 0 Å². The average Bonchev–Trinajstić information content (AvgIpc) is 3.18. The lowest BCUT2D eigenvalue weighted by Crippen LogP contribution is -2.34. The predicted molar refractivity (Wildman–Crippen MR) is 89.5 cm³/mol. The third-order valence-electron chi connectivity index (χ3n) is 4.46. The highest BCUT2D eigenvalue weighted by Crippen LogP contribution is 2.37. The van der Waals surface area contributed by atoms with Crippen molar-refractivity contribution in [3.8, 4) is 0 Å². The van der Waals surface area contributed by atoms with Gasteiger partial charge in [0.1, 0.15) is 18.1 Å². The van der Waals surface area contributed by atoms with Crippen molar-refractivity contribution in [2.75, 3.05) is 7.05 Å². The standard InChI is InChI=1S/C17H18FN5O4/c1-22-14(24)6-13(16(22)10-2-4-11(18)5-3-10)17(27)19-7-12-8-23(21-20-12)9-15(25)26/h2-5,8,13,16H,6-7,9H2,1H3,(H,19,27)(H,25,26). The number of hydrogen-bond donors (Lipinski definition) is 2. The van der Waals surface area contributed by atoms with Crippen LogP contribution in [-0.4, -0.2) is 49.8 Å². The molecule has 27 heavy (non-hydrogen) atoms. The second-order valence-electron chi connectivity index (χ2n) is 6.33. The SMILES string of the molecule is CN1C(=O)CC(C(=O)NCc2cn(CC(=O)O)nn2)C1c1ccc(F)cc1. The van der Waals surface area contributed by atoms with Gasteiger partial charge in [-0.1, -0.05) is 17.3 Å². The van der Waals surface area contributed by atoms with Crippen molar-refractivity contribution < 1.29 is 23.9 Å². The molecule has 0 bridgehead atoms. The minimum Gasteiger partial charge on any atom is -0.480 e. The van der Waals surface area contributed by atoms with Gasteiger partial charge in [0.2, 0.25) is 11.8 Å². The van der Waals surface area contributed by atoms with Gasteiger partial charge < -0.3 is 15.3 Å². The molecule has 1 aliphatic rings. The molecule has 3 rings (SSSR count). The van der Waals surface area contributed by atoms with Crippen LogP contribution in [0.2, 0.25) is 0 Å². The van der Waals surface area contributed by atoms with Gasteiger partial charge in [0, 0.05) is 13.5 Å². The molecule has 0 spiro atoms. The van der Waals surface area contributed by atoms with Crippen LogP contribution in [0.25, 0.3) is 0 Å². The number of nitrogens with one attached hydrogen (secondary N) is 1. The molecule has 2 N–H and O–H groups in total. The summed E-state index contributed by atoms with van der Waals surface area (Å²) < 4.78 is 14.3.